The fourth-order valence-electron chi connectivity index (χ4n) is 14.5. The highest BCUT2D eigenvalue weighted by atomic mass is 14.5. The summed E-state index contributed by atoms with van der Waals surface area (Å²) in [6.07, 6.45) is 2.00. The number of rotatable bonds is 5. The fourth-order valence-corrected chi connectivity index (χ4v) is 14.5. The van der Waals surface area contributed by atoms with Gasteiger partial charge in [0.25, 0.3) is 0 Å². The van der Waals surface area contributed by atoms with E-state index in [1.807, 2.05) is 0 Å². The van der Waals surface area contributed by atoms with Crippen LogP contribution < -0.4 is 0 Å². The summed E-state index contributed by atoms with van der Waals surface area (Å²) in [5.74, 6) is 1.45. The van der Waals surface area contributed by atoms with Crippen LogP contribution in [0.4, 0.5) is 0 Å². The van der Waals surface area contributed by atoms with Crippen LogP contribution in [0, 0.1) is 92.9 Å². The van der Waals surface area contributed by atoms with Crippen molar-refractivity contribution in [3.8, 4) is 0 Å². The molecule has 5 unspecified atom stereocenters. The largest absolute Gasteiger partial charge is 0.0946 e. The van der Waals surface area contributed by atoms with Gasteiger partial charge < -0.3 is 0 Å². The molecule has 0 heterocycles. The van der Waals surface area contributed by atoms with E-state index in [-0.39, 0.29) is 17.8 Å². The molecule has 0 heteroatoms. The third-order valence-electron chi connectivity index (χ3n) is 19.7. The maximum Gasteiger partial charge on any atom is 0.0316 e. The minimum atomic E-state index is 0.250. The minimum absolute atomic E-state index is 0.250. The molecule has 0 nitrogen and oxygen atoms in total. The average molecular weight is 845 g/mol. The lowest BCUT2D eigenvalue weighted by Crippen LogP contribution is -2.13. The molecule has 0 saturated carbocycles. The van der Waals surface area contributed by atoms with Crippen molar-refractivity contribution in [1.82, 2.24) is 0 Å². The molecule has 5 atom stereocenters. The van der Waals surface area contributed by atoms with Crippen LogP contribution in [0.1, 0.15) is 162 Å². The Bertz CT molecular complexity index is 2980. The van der Waals surface area contributed by atoms with Crippen molar-refractivity contribution in [2.24, 2.45) is 23.7 Å². The standard InChI is InChI=1S/C64H76/c1-26-24-49(34(9)27(26)2)56-42(17)45(20)61-57(43(18)46(21)60(56)61)50-25-51(36(11)35(50)10)58-48(23)55-47(22)54-41(16)44(19)59(52-37(12)30(5)28(3)31(6)38(52)13)63(54)64(55)62(58)53-39(14)32(7)29(4)33(8)40(53)15/h42-43,47-48,59H,20-21,24-25H2,1-19,22-23H3. The van der Waals surface area contributed by atoms with E-state index in [0.29, 0.717) is 11.8 Å². The van der Waals surface area contributed by atoms with Crippen molar-refractivity contribution in [3.63, 3.8) is 0 Å². The van der Waals surface area contributed by atoms with Crippen molar-refractivity contribution in [3.05, 3.63) is 197 Å². The molecule has 0 N–H and O–H groups in total. The van der Waals surface area contributed by atoms with Crippen LogP contribution >= 0.6 is 0 Å². The number of hydrogen-bond acceptors (Lipinski definition) is 0. The molecule has 0 saturated heterocycles. The zero-order chi connectivity index (χ0) is 46.9. The van der Waals surface area contributed by atoms with Crippen LogP contribution in [0.25, 0.3) is 5.57 Å². The molecule has 0 amide bonds. The highest BCUT2D eigenvalue weighted by molar-refractivity contribution is 5.99. The summed E-state index contributed by atoms with van der Waals surface area (Å²) in [6, 6.07) is 0. The van der Waals surface area contributed by atoms with Crippen molar-refractivity contribution < 1.29 is 0 Å². The highest BCUT2D eigenvalue weighted by Gasteiger charge is 2.51. The molecule has 7 aliphatic rings. The van der Waals surface area contributed by atoms with Crippen molar-refractivity contribution in [2.45, 2.75) is 164 Å². The second-order valence-electron chi connectivity index (χ2n) is 21.8. The van der Waals surface area contributed by atoms with Crippen LogP contribution in [-0.4, -0.2) is 0 Å². The first kappa shape index (κ1) is 44.5. The first-order valence-corrected chi connectivity index (χ1v) is 24.6. The van der Waals surface area contributed by atoms with Gasteiger partial charge in [-0.05, 0) is 309 Å². The van der Waals surface area contributed by atoms with E-state index >= 15 is 0 Å². The van der Waals surface area contributed by atoms with E-state index in [1.165, 1.54) is 145 Å². The Labute approximate surface area is 388 Å². The van der Waals surface area contributed by atoms with Gasteiger partial charge in [-0.3, -0.25) is 0 Å². The van der Waals surface area contributed by atoms with Gasteiger partial charge in [-0.2, -0.15) is 0 Å². The Morgan fingerprint density at radius 1 is 0.344 bits per heavy atom. The van der Waals surface area contributed by atoms with E-state index in [0.717, 1.165) is 12.8 Å². The van der Waals surface area contributed by atoms with E-state index in [2.05, 4.69) is 145 Å². The smallest absolute Gasteiger partial charge is 0.0316 e. The summed E-state index contributed by atoms with van der Waals surface area (Å²) < 4.78 is 0. The lowest BCUT2D eigenvalue weighted by Gasteiger charge is -2.29. The van der Waals surface area contributed by atoms with Gasteiger partial charge in [0.2, 0.25) is 0 Å². The van der Waals surface area contributed by atoms with Gasteiger partial charge in [0.15, 0.2) is 0 Å². The van der Waals surface area contributed by atoms with E-state index in [4.69, 9.17) is 13.2 Å². The van der Waals surface area contributed by atoms with E-state index < -0.39 is 0 Å². The Hall–Kier alpha value is -4.68. The molecule has 7 aliphatic carbocycles. The molecule has 0 radical (unpaired) electrons. The summed E-state index contributed by atoms with van der Waals surface area (Å²) in [5.41, 5.74) is 50.6. The Balaban J connectivity index is 1.28. The van der Waals surface area contributed by atoms with Crippen LogP contribution in [0.3, 0.4) is 0 Å². The maximum atomic E-state index is 4.91. The maximum absolute atomic E-state index is 4.91. The number of benzene rings is 2. The third kappa shape index (κ3) is 5.41. The number of fused-ring (bicyclic) bond motifs is 2. The van der Waals surface area contributed by atoms with E-state index in [9.17, 15) is 0 Å². The van der Waals surface area contributed by atoms with Gasteiger partial charge in [0.1, 0.15) is 0 Å². The van der Waals surface area contributed by atoms with Crippen LogP contribution in [0.2, 0.25) is 0 Å². The molecule has 0 spiro atoms. The molecule has 64 heavy (non-hydrogen) atoms. The summed E-state index contributed by atoms with van der Waals surface area (Å²) in [5, 5.41) is 0. The molecule has 2 aromatic carbocycles. The van der Waals surface area contributed by atoms with E-state index in [1.54, 1.807) is 44.6 Å². The average Bonchev–Trinajstić information content (AvgIpc) is 4.07. The van der Waals surface area contributed by atoms with Crippen molar-refractivity contribution in [1.29, 1.82) is 0 Å². The van der Waals surface area contributed by atoms with Crippen molar-refractivity contribution in [2.75, 3.05) is 0 Å². The van der Waals surface area contributed by atoms with Gasteiger partial charge in [-0.15, -0.1) is 0 Å². The predicted molar refractivity (Wildman–Crippen MR) is 277 cm³/mol. The molecular weight excluding hydrogens is 769 g/mol. The molecule has 0 fully saturated rings. The SMILES string of the molecule is C=C1C2=C(C3=C(C)C(C)=C(C4=C(c5c(C)c(C)c(C)c(C)c5C)C5=C(C4C)C(C)C4=C5C(c5c(C)c(C)c(C)c(C)c5C)C(C)=C4C)C3)C(C)C(=C)C2=C(C2=C(C)C(C)=C(C)C2)C1C. The first-order valence-electron chi connectivity index (χ1n) is 24.6. The quantitative estimate of drug-likeness (QED) is 0.281. The zero-order valence-corrected chi connectivity index (χ0v) is 43.7. The second kappa shape index (κ2) is 14.7. The highest BCUT2D eigenvalue weighted by Crippen LogP contribution is 2.67. The van der Waals surface area contributed by atoms with Gasteiger partial charge >= 0.3 is 0 Å². The lowest BCUT2D eigenvalue weighted by atomic mass is 9.74. The minimum Gasteiger partial charge on any atom is -0.0946 e. The molecule has 0 aliphatic heterocycles. The number of hydrogen-bond donors (Lipinski definition) is 0. The molecular formula is C64H76. The number of allylic oxidation sites excluding steroid dienone is 22. The van der Waals surface area contributed by atoms with Gasteiger partial charge in [0.05, 0.1) is 0 Å². The second-order valence-corrected chi connectivity index (χ2v) is 21.8. The van der Waals surface area contributed by atoms with Gasteiger partial charge in [-0.25, -0.2) is 0 Å². The topological polar surface area (TPSA) is 0 Å². The fraction of sp³-hybridized carbons (Fsp3) is 0.438. The Morgan fingerprint density at radius 3 is 1.16 bits per heavy atom. The molecule has 0 bridgehead atoms. The monoisotopic (exact) mass is 845 g/mol. The lowest BCUT2D eigenvalue weighted by molar-refractivity contribution is 0.689. The summed E-state index contributed by atoms with van der Waals surface area (Å²) in [4.78, 5) is 0. The summed E-state index contributed by atoms with van der Waals surface area (Å²) >= 11 is 0. The normalized spacial score (nSPS) is 26.0. The zero-order valence-electron chi connectivity index (χ0n) is 43.7. The van der Waals surface area contributed by atoms with Crippen LogP contribution in [0.5, 0.6) is 0 Å². The predicted octanol–water partition coefficient (Wildman–Crippen LogP) is 17.6. The third-order valence-corrected chi connectivity index (χ3v) is 19.7. The van der Waals surface area contributed by atoms with Gasteiger partial charge in [-0.1, -0.05) is 52.0 Å². The Morgan fingerprint density at radius 2 is 0.719 bits per heavy atom. The van der Waals surface area contributed by atoms with Gasteiger partial charge in [0, 0.05) is 29.6 Å². The Kier molecular flexibility index (Phi) is 10.2. The molecule has 9 rings (SSSR count). The molecule has 0 aromatic heterocycles. The first-order chi connectivity index (χ1) is 29.9. The van der Waals surface area contributed by atoms with Crippen molar-refractivity contribution >= 4 is 5.57 Å². The summed E-state index contributed by atoms with van der Waals surface area (Å²) in [7, 11) is 0. The van der Waals surface area contributed by atoms with Crippen LogP contribution in [-0.2, 0) is 0 Å². The summed E-state index contributed by atoms with van der Waals surface area (Å²) in [6.45, 7) is 60.3. The molecule has 2 aromatic rings. The molecule has 332 valence electrons. The van der Waals surface area contributed by atoms with Crippen LogP contribution in [0.15, 0.2) is 130 Å².